The zero-order chi connectivity index (χ0) is 23.3. The second kappa shape index (κ2) is 12.6. The zero-order valence-corrected chi connectivity index (χ0v) is 18.9. The van der Waals surface area contributed by atoms with Crippen molar-refractivity contribution in [2.45, 2.75) is 20.0 Å². The van der Waals surface area contributed by atoms with Crippen molar-refractivity contribution in [2.24, 2.45) is 4.99 Å². The number of urea groups is 1. The average Bonchev–Trinajstić information content (AvgIpc) is 2.86. The fraction of sp³-hybridized carbons (Fsp3) is 0.103. The third-order valence-corrected chi connectivity index (χ3v) is 4.75. The summed E-state index contributed by atoms with van der Waals surface area (Å²) < 4.78 is 6.02. The van der Waals surface area contributed by atoms with Crippen molar-refractivity contribution < 1.29 is 9.53 Å². The SMILES string of the molecule is CC(O/C(=N\C(=O)Nc1ccccc1)c1ccccc1)c1ccccc1.Cc1ccccc1. The third kappa shape index (κ3) is 8.11. The Morgan fingerprint density at radius 1 is 0.727 bits per heavy atom. The van der Waals surface area contributed by atoms with Crippen LogP contribution >= 0.6 is 0 Å². The van der Waals surface area contributed by atoms with Crippen molar-refractivity contribution in [3.63, 3.8) is 0 Å². The zero-order valence-electron chi connectivity index (χ0n) is 18.9. The van der Waals surface area contributed by atoms with Gasteiger partial charge in [-0.05, 0) is 43.7 Å². The summed E-state index contributed by atoms with van der Waals surface area (Å²) in [4.78, 5) is 16.5. The molecule has 1 unspecified atom stereocenters. The van der Waals surface area contributed by atoms with Crippen LogP contribution in [0.15, 0.2) is 126 Å². The molecule has 0 radical (unpaired) electrons. The van der Waals surface area contributed by atoms with Crippen LogP contribution in [0.2, 0.25) is 0 Å². The molecule has 0 spiro atoms. The summed E-state index contributed by atoms with van der Waals surface area (Å²) in [5, 5.41) is 2.75. The molecule has 2 amide bonds. The van der Waals surface area contributed by atoms with Crippen molar-refractivity contribution in [1.82, 2.24) is 0 Å². The molecule has 4 aromatic carbocycles. The van der Waals surface area contributed by atoms with Crippen molar-refractivity contribution >= 4 is 17.6 Å². The smallest absolute Gasteiger partial charge is 0.348 e. The summed E-state index contributed by atoms with van der Waals surface area (Å²) in [6.45, 7) is 4.02. The van der Waals surface area contributed by atoms with Gasteiger partial charge in [-0.15, -0.1) is 0 Å². The highest BCUT2D eigenvalue weighted by atomic mass is 16.5. The lowest BCUT2D eigenvalue weighted by atomic mass is 10.1. The van der Waals surface area contributed by atoms with Crippen LogP contribution < -0.4 is 5.32 Å². The van der Waals surface area contributed by atoms with E-state index in [1.165, 1.54) is 5.56 Å². The third-order valence-electron chi connectivity index (χ3n) is 4.75. The van der Waals surface area contributed by atoms with Gasteiger partial charge in [0.15, 0.2) is 0 Å². The van der Waals surface area contributed by atoms with Crippen LogP contribution in [0.25, 0.3) is 0 Å². The number of hydrogen-bond donors (Lipinski definition) is 1. The number of benzene rings is 4. The monoisotopic (exact) mass is 436 g/mol. The average molecular weight is 437 g/mol. The van der Waals surface area contributed by atoms with Crippen LogP contribution in [0.1, 0.15) is 29.7 Å². The molecule has 33 heavy (non-hydrogen) atoms. The van der Waals surface area contributed by atoms with Crippen LogP contribution in [0.5, 0.6) is 0 Å². The summed E-state index contributed by atoms with van der Waals surface area (Å²) in [7, 11) is 0. The fourth-order valence-corrected chi connectivity index (χ4v) is 3.00. The number of para-hydroxylation sites is 1. The van der Waals surface area contributed by atoms with E-state index in [2.05, 4.69) is 29.4 Å². The van der Waals surface area contributed by atoms with Gasteiger partial charge in [-0.25, -0.2) is 4.79 Å². The van der Waals surface area contributed by atoms with Gasteiger partial charge in [0.25, 0.3) is 0 Å². The predicted molar refractivity (Wildman–Crippen MR) is 136 cm³/mol. The number of hydrogen-bond acceptors (Lipinski definition) is 2. The lowest BCUT2D eigenvalue weighted by molar-refractivity contribution is 0.212. The summed E-state index contributed by atoms with van der Waals surface area (Å²) >= 11 is 0. The normalized spacial score (nSPS) is 11.5. The fourth-order valence-electron chi connectivity index (χ4n) is 3.00. The van der Waals surface area contributed by atoms with E-state index in [1.54, 1.807) is 0 Å². The minimum Gasteiger partial charge on any atom is -0.469 e. The second-order valence-electron chi connectivity index (χ2n) is 7.40. The van der Waals surface area contributed by atoms with Gasteiger partial charge < -0.3 is 10.1 Å². The Morgan fingerprint density at radius 3 is 1.73 bits per heavy atom. The van der Waals surface area contributed by atoms with Crippen LogP contribution in [-0.2, 0) is 4.74 Å². The quantitative estimate of drug-likeness (QED) is 0.267. The Hall–Kier alpha value is -4.18. The Morgan fingerprint density at radius 2 is 1.21 bits per heavy atom. The molecule has 0 heterocycles. The van der Waals surface area contributed by atoms with E-state index in [0.29, 0.717) is 5.69 Å². The summed E-state index contributed by atoms with van der Waals surface area (Å²) in [6, 6.07) is 38.2. The highest BCUT2D eigenvalue weighted by Gasteiger charge is 2.14. The number of rotatable bonds is 4. The van der Waals surface area contributed by atoms with Crippen LogP contribution in [-0.4, -0.2) is 11.9 Å². The molecule has 1 N–H and O–H groups in total. The molecule has 4 rings (SSSR count). The Labute approximate surface area is 195 Å². The Bertz CT molecular complexity index is 1130. The van der Waals surface area contributed by atoms with Crippen molar-refractivity contribution in [2.75, 3.05) is 5.32 Å². The number of aryl methyl sites for hydroxylation is 1. The van der Waals surface area contributed by atoms with Crippen LogP contribution in [0.3, 0.4) is 0 Å². The molecule has 0 aromatic heterocycles. The molecule has 0 aliphatic heterocycles. The van der Waals surface area contributed by atoms with Gasteiger partial charge in [-0.2, -0.15) is 4.99 Å². The lowest BCUT2D eigenvalue weighted by Crippen LogP contribution is -2.15. The summed E-state index contributed by atoms with van der Waals surface area (Å²) in [5.41, 5.74) is 3.77. The molecule has 0 saturated carbocycles. The first-order valence-corrected chi connectivity index (χ1v) is 10.8. The first-order chi connectivity index (χ1) is 16.1. The molecular weight excluding hydrogens is 408 g/mol. The van der Waals surface area contributed by atoms with Crippen molar-refractivity contribution in [1.29, 1.82) is 0 Å². The largest absolute Gasteiger partial charge is 0.469 e. The number of aliphatic imine (C=N–C) groups is 1. The van der Waals surface area contributed by atoms with Gasteiger partial charge in [0, 0.05) is 11.3 Å². The Balaban J connectivity index is 0.000000374. The van der Waals surface area contributed by atoms with Crippen LogP contribution in [0.4, 0.5) is 10.5 Å². The molecule has 4 heteroatoms. The van der Waals surface area contributed by atoms with E-state index in [1.807, 2.05) is 116 Å². The van der Waals surface area contributed by atoms with Gasteiger partial charge in [-0.3, -0.25) is 0 Å². The summed E-state index contributed by atoms with van der Waals surface area (Å²) in [5.74, 6) is 0.287. The number of nitrogens with one attached hydrogen (secondary N) is 1. The summed E-state index contributed by atoms with van der Waals surface area (Å²) in [6.07, 6.45) is -0.236. The van der Waals surface area contributed by atoms with Gasteiger partial charge in [0.05, 0.1) is 0 Å². The number of carbonyl (C=O) groups is 1. The van der Waals surface area contributed by atoms with E-state index in [4.69, 9.17) is 4.74 Å². The molecule has 0 bridgehead atoms. The molecule has 0 aliphatic carbocycles. The molecule has 0 fully saturated rings. The topological polar surface area (TPSA) is 50.7 Å². The van der Waals surface area contributed by atoms with E-state index < -0.39 is 6.03 Å². The maximum atomic E-state index is 12.3. The Kier molecular flexibility index (Phi) is 8.98. The van der Waals surface area contributed by atoms with Gasteiger partial charge in [-0.1, -0.05) is 103 Å². The lowest BCUT2D eigenvalue weighted by Gasteiger charge is -2.17. The predicted octanol–water partition coefficient (Wildman–Crippen LogP) is 7.44. The first kappa shape index (κ1) is 23.5. The van der Waals surface area contributed by atoms with Crippen molar-refractivity contribution in [3.8, 4) is 0 Å². The maximum Gasteiger partial charge on any atom is 0.348 e. The maximum absolute atomic E-state index is 12.3. The van der Waals surface area contributed by atoms with Crippen molar-refractivity contribution in [3.05, 3.63) is 138 Å². The van der Waals surface area contributed by atoms with E-state index in [-0.39, 0.29) is 12.0 Å². The number of ether oxygens (including phenoxy) is 1. The van der Waals surface area contributed by atoms with Gasteiger partial charge >= 0.3 is 6.03 Å². The molecule has 4 aromatic rings. The molecule has 1 atom stereocenters. The number of amides is 2. The number of anilines is 1. The molecule has 0 aliphatic rings. The van der Waals surface area contributed by atoms with E-state index in [0.717, 1.165) is 11.1 Å². The molecule has 0 saturated heterocycles. The highest BCUT2D eigenvalue weighted by Crippen LogP contribution is 2.19. The number of carbonyl (C=O) groups excluding carboxylic acids is 1. The molecule has 166 valence electrons. The van der Waals surface area contributed by atoms with Gasteiger partial charge in [0.2, 0.25) is 5.90 Å². The molecular formula is C29H28N2O2. The van der Waals surface area contributed by atoms with E-state index in [9.17, 15) is 4.79 Å². The first-order valence-electron chi connectivity index (χ1n) is 10.8. The van der Waals surface area contributed by atoms with Crippen LogP contribution in [0, 0.1) is 6.92 Å². The van der Waals surface area contributed by atoms with Gasteiger partial charge in [0.1, 0.15) is 6.10 Å². The standard InChI is InChI=1S/C22H20N2O2.C7H8/c1-17(18-11-5-2-6-12-18)26-21(19-13-7-3-8-14-19)24-22(25)23-20-15-9-4-10-16-20;1-7-5-3-2-4-6-7/h2-17H,1H3,(H,23,25);2-6H,1H3/b24-21-;. The minimum atomic E-state index is -0.477. The number of nitrogens with zero attached hydrogens (tertiary/aromatic N) is 1. The minimum absolute atomic E-state index is 0.236. The second-order valence-corrected chi connectivity index (χ2v) is 7.40. The highest BCUT2D eigenvalue weighted by molar-refractivity contribution is 6.04. The molecule has 4 nitrogen and oxygen atoms in total. The van der Waals surface area contributed by atoms with E-state index >= 15 is 0 Å².